The van der Waals surface area contributed by atoms with Crippen LogP contribution in [0.5, 0.6) is 0 Å². The molecule has 2 aromatic carbocycles. The van der Waals surface area contributed by atoms with E-state index in [4.69, 9.17) is 11.6 Å². The first kappa shape index (κ1) is 14.7. The number of aliphatic imine (C=N–C) groups is 1. The summed E-state index contributed by atoms with van der Waals surface area (Å²) in [5, 5.41) is 0.784. The number of benzene rings is 2. The molecule has 0 N–H and O–H groups in total. The highest BCUT2D eigenvalue weighted by Crippen LogP contribution is 2.36. The molecular formula is C19H20ClN3. The molecule has 1 atom stereocenters. The van der Waals surface area contributed by atoms with Gasteiger partial charge in [-0.05, 0) is 23.8 Å². The van der Waals surface area contributed by atoms with E-state index in [9.17, 15) is 0 Å². The summed E-state index contributed by atoms with van der Waals surface area (Å²) >= 11 is 6.21. The Kier molecular flexibility index (Phi) is 4.06. The topological polar surface area (TPSA) is 18.8 Å². The van der Waals surface area contributed by atoms with Crippen molar-refractivity contribution in [3.63, 3.8) is 0 Å². The Labute approximate surface area is 142 Å². The zero-order chi connectivity index (χ0) is 15.6. The van der Waals surface area contributed by atoms with Crippen LogP contribution in [-0.4, -0.2) is 36.8 Å². The molecule has 0 saturated carbocycles. The second kappa shape index (κ2) is 6.34. The Hall–Kier alpha value is -1.84. The molecule has 1 saturated heterocycles. The van der Waals surface area contributed by atoms with Crippen LogP contribution in [0.2, 0.25) is 5.02 Å². The minimum atomic E-state index is 0.468. The molecule has 4 rings (SSSR count). The van der Waals surface area contributed by atoms with E-state index in [1.54, 1.807) is 0 Å². The fourth-order valence-electron chi connectivity index (χ4n) is 3.53. The van der Waals surface area contributed by atoms with Crippen LogP contribution in [-0.2, 0) is 6.54 Å². The van der Waals surface area contributed by atoms with E-state index < -0.39 is 0 Å². The van der Waals surface area contributed by atoms with Gasteiger partial charge in [0.05, 0.1) is 11.4 Å². The molecule has 0 spiro atoms. The van der Waals surface area contributed by atoms with Crippen molar-refractivity contribution in [2.24, 2.45) is 4.99 Å². The molecule has 0 bridgehead atoms. The molecule has 2 heterocycles. The predicted molar refractivity (Wildman–Crippen MR) is 97.1 cm³/mol. The van der Waals surface area contributed by atoms with E-state index in [1.807, 2.05) is 12.1 Å². The summed E-state index contributed by atoms with van der Waals surface area (Å²) in [5.41, 5.74) is 3.59. The number of piperazine rings is 1. The molecule has 23 heavy (non-hydrogen) atoms. The van der Waals surface area contributed by atoms with Crippen molar-refractivity contribution in [1.29, 1.82) is 0 Å². The van der Waals surface area contributed by atoms with Gasteiger partial charge in [-0.2, -0.15) is 0 Å². The molecule has 2 aromatic rings. The Morgan fingerprint density at radius 1 is 1.09 bits per heavy atom. The summed E-state index contributed by atoms with van der Waals surface area (Å²) in [7, 11) is 0. The Balaban J connectivity index is 1.53. The van der Waals surface area contributed by atoms with Gasteiger partial charge in [-0.25, -0.2) is 0 Å². The molecule has 0 radical (unpaired) electrons. The summed E-state index contributed by atoms with van der Waals surface area (Å²) in [5.74, 6) is 0. The van der Waals surface area contributed by atoms with E-state index in [-0.39, 0.29) is 0 Å². The van der Waals surface area contributed by atoms with Crippen LogP contribution in [0.4, 0.5) is 11.4 Å². The summed E-state index contributed by atoms with van der Waals surface area (Å²) in [6.45, 7) is 4.17. The SMILES string of the molecule is Clc1ccc2c(c1)N1CCN(Cc3ccccc3)CC1CC=N2. The van der Waals surface area contributed by atoms with Crippen molar-refractivity contribution in [2.45, 2.75) is 19.0 Å². The lowest BCUT2D eigenvalue weighted by Crippen LogP contribution is -2.52. The molecular weight excluding hydrogens is 306 g/mol. The maximum absolute atomic E-state index is 6.21. The van der Waals surface area contributed by atoms with Crippen LogP contribution < -0.4 is 4.90 Å². The normalized spacial score (nSPS) is 20.7. The Morgan fingerprint density at radius 3 is 2.83 bits per heavy atom. The third-order valence-electron chi connectivity index (χ3n) is 4.67. The number of fused-ring (bicyclic) bond motifs is 3. The van der Waals surface area contributed by atoms with Crippen LogP contribution in [0.1, 0.15) is 12.0 Å². The van der Waals surface area contributed by atoms with Crippen molar-refractivity contribution < 1.29 is 0 Å². The maximum atomic E-state index is 6.21. The van der Waals surface area contributed by atoms with E-state index >= 15 is 0 Å². The second-order valence-corrected chi connectivity index (χ2v) is 6.68. The van der Waals surface area contributed by atoms with Crippen LogP contribution in [0.3, 0.4) is 0 Å². The van der Waals surface area contributed by atoms with Crippen molar-refractivity contribution in [1.82, 2.24) is 4.90 Å². The molecule has 2 aliphatic heterocycles. The van der Waals surface area contributed by atoms with Gasteiger partial charge in [0.15, 0.2) is 0 Å². The van der Waals surface area contributed by atoms with E-state index in [0.717, 1.165) is 43.3 Å². The molecule has 0 aliphatic carbocycles. The second-order valence-electron chi connectivity index (χ2n) is 6.25. The zero-order valence-corrected chi connectivity index (χ0v) is 13.8. The van der Waals surface area contributed by atoms with Gasteiger partial charge in [0, 0.05) is 49.9 Å². The van der Waals surface area contributed by atoms with Crippen molar-refractivity contribution in [3.8, 4) is 0 Å². The molecule has 2 aliphatic rings. The highest BCUT2D eigenvalue weighted by Gasteiger charge is 2.29. The van der Waals surface area contributed by atoms with Crippen LogP contribution in [0, 0.1) is 0 Å². The third-order valence-corrected chi connectivity index (χ3v) is 4.91. The molecule has 0 amide bonds. The van der Waals surface area contributed by atoms with Crippen LogP contribution in [0.15, 0.2) is 53.5 Å². The van der Waals surface area contributed by atoms with Gasteiger partial charge < -0.3 is 4.90 Å². The number of rotatable bonds is 2. The number of hydrogen-bond acceptors (Lipinski definition) is 3. The van der Waals surface area contributed by atoms with Gasteiger partial charge in [0.25, 0.3) is 0 Å². The fourth-order valence-corrected chi connectivity index (χ4v) is 3.70. The number of hydrogen-bond donors (Lipinski definition) is 0. The Bertz CT molecular complexity index is 714. The highest BCUT2D eigenvalue weighted by molar-refractivity contribution is 6.31. The van der Waals surface area contributed by atoms with E-state index in [0.29, 0.717) is 6.04 Å². The molecule has 3 nitrogen and oxygen atoms in total. The van der Waals surface area contributed by atoms with Crippen molar-refractivity contribution >= 4 is 29.2 Å². The first-order chi connectivity index (χ1) is 11.3. The first-order valence-corrected chi connectivity index (χ1v) is 8.52. The maximum Gasteiger partial charge on any atom is 0.0860 e. The van der Waals surface area contributed by atoms with Gasteiger partial charge >= 0.3 is 0 Å². The van der Waals surface area contributed by atoms with Gasteiger partial charge in [0.2, 0.25) is 0 Å². The summed E-state index contributed by atoms with van der Waals surface area (Å²) < 4.78 is 0. The lowest BCUT2D eigenvalue weighted by molar-refractivity contribution is 0.217. The third kappa shape index (κ3) is 3.12. The molecule has 118 valence electrons. The lowest BCUT2D eigenvalue weighted by Gasteiger charge is -2.42. The van der Waals surface area contributed by atoms with Gasteiger partial charge in [0.1, 0.15) is 0 Å². The molecule has 4 heteroatoms. The van der Waals surface area contributed by atoms with Crippen LogP contribution in [0.25, 0.3) is 0 Å². The summed E-state index contributed by atoms with van der Waals surface area (Å²) in [6, 6.07) is 17.2. The van der Waals surface area contributed by atoms with Crippen LogP contribution >= 0.6 is 11.6 Å². The molecule has 1 unspecified atom stereocenters. The summed E-state index contributed by atoms with van der Waals surface area (Å²) in [4.78, 5) is 9.64. The average molecular weight is 326 g/mol. The number of halogens is 1. The minimum Gasteiger partial charge on any atom is -0.364 e. The lowest BCUT2D eigenvalue weighted by atomic mass is 10.1. The van der Waals surface area contributed by atoms with Gasteiger partial charge in [-0.3, -0.25) is 9.89 Å². The Morgan fingerprint density at radius 2 is 1.96 bits per heavy atom. The van der Waals surface area contributed by atoms with Crippen molar-refractivity contribution in [2.75, 3.05) is 24.5 Å². The standard InChI is InChI=1S/C19H20ClN3/c20-16-6-7-18-19(12-16)23-11-10-22(14-17(23)8-9-21-18)13-15-4-2-1-3-5-15/h1-7,9,12,17H,8,10-11,13-14H2. The monoisotopic (exact) mass is 325 g/mol. The highest BCUT2D eigenvalue weighted by atomic mass is 35.5. The fraction of sp³-hybridized carbons (Fsp3) is 0.316. The molecule has 0 aromatic heterocycles. The predicted octanol–water partition coefficient (Wildman–Crippen LogP) is 4.14. The minimum absolute atomic E-state index is 0.468. The van der Waals surface area contributed by atoms with Crippen molar-refractivity contribution in [3.05, 3.63) is 59.1 Å². The molecule has 1 fully saturated rings. The smallest absolute Gasteiger partial charge is 0.0860 e. The summed E-state index contributed by atoms with van der Waals surface area (Å²) in [6.07, 6.45) is 3.04. The first-order valence-electron chi connectivity index (χ1n) is 8.14. The quantitative estimate of drug-likeness (QED) is 0.826. The van der Waals surface area contributed by atoms with Gasteiger partial charge in [-0.15, -0.1) is 0 Å². The van der Waals surface area contributed by atoms with E-state index in [2.05, 4.69) is 57.4 Å². The number of anilines is 1. The van der Waals surface area contributed by atoms with Gasteiger partial charge in [-0.1, -0.05) is 41.9 Å². The number of nitrogens with zero attached hydrogens (tertiary/aromatic N) is 3. The van der Waals surface area contributed by atoms with E-state index in [1.165, 1.54) is 11.3 Å². The zero-order valence-electron chi connectivity index (χ0n) is 13.0. The average Bonchev–Trinajstić information content (AvgIpc) is 2.74. The largest absolute Gasteiger partial charge is 0.364 e.